The van der Waals surface area contributed by atoms with Crippen LogP contribution in [0.4, 0.5) is 4.79 Å². The Bertz CT molecular complexity index is 644. The smallest absolute Gasteiger partial charge is 0.410 e. The second-order valence-corrected chi connectivity index (χ2v) is 7.27. The van der Waals surface area contributed by atoms with Gasteiger partial charge in [0, 0.05) is 23.4 Å². The van der Waals surface area contributed by atoms with E-state index >= 15 is 0 Å². The molecule has 8 heteroatoms. The molecule has 2 atom stereocenters. The van der Waals surface area contributed by atoms with Gasteiger partial charge >= 0.3 is 18.0 Å². The monoisotopic (exact) mass is 399 g/mol. The average molecular weight is 400 g/mol. The van der Waals surface area contributed by atoms with E-state index < -0.39 is 30.2 Å². The number of carboxylic acids is 1. The Hall–Kier alpha value is -2.28. The van der Waals surface area contributed by atoms with Gasteiger partial charge in [0.25, 0.3) is 6.29 Å². The number of carbonyl (C=O) groups excluding carboxylic acids is 2. The molecule has 0 aliphatic rings. The zero-order chi connectivity index (χ0) is 20.6. The number of ether oxygens (including phenoxy) is 2. The summed E-state index contributed by atoms with van der Waals surface area (Å²) in [7, 11) is 0. The first-order valence-electron chi connectivity index (χ1n) is 8.72. The number of alkyl carbamates (subject to hydrolysis) is 1. The number of rotatable bonds is 9. The fourth-order valence-corrected chi connectivity index (χ4v) is 2.28. The zero-order valence-corrected chi connectivity index (χ0v) is 16.7. The van der Waals surface area contributed by atoms with Gasteiger partial charge in [-0.15, -0.1) is 0 Å². The Morgan fingerprint density at radius 2 is 1.67 bits per heavy atom. The van der Waals surface area contributed by atoms with Gasteiger partial charge in [0.05, 0.1) is 12.3 Å². The molecule has 0 saturated carbocycles. The topological polar surface area (TPSA) is 102 Å². The third-order valence-corrected chi connectivity index (χ3v) is 3.98. The molecule has 0 spiro atoms. The van der Waals surface area contributed by atoms with E-state index in [1.165, 1.54) is 0 Å². The molecule has 7 nitrogen and oxygen atoms in total. The first-order valence-corrected chi connectivity index (χ1v) is 9.10. The number of amides is 1. The maximum Gasteiger partial charge on any atom is 0.410 e. The minimum absolute atomic E-state index is 0.0513. The Morgan fingerprint density at radius 3 is 2.15 bits per heavy atom. The van der Waals surface area contributed by atoms with Gasteiger partial charge in [-0.3, -0.25) is 9.59 Å². The van der Waals surface area contributed by atoms with E-state index in [1.807, 2.05) is 0 Å². The SMILES string of the molecule is CC(C)C(=O)OC(OC(=O)NCC(CC(=O)O)c1ccc(Cl)cc1)C(C)C. The molecule has 1 rings (SSSR count). The van der Waals surface area contributed by atoms with E-state index in [2.05, 4.69) is 5.32 Å². The minimum Gasteiger partial charge on any atom is -0.481 e. The highest BCUT2D eigenvalue weighted by molar-refractivity contribution is 6.30. The van der Waals surface area contributed by atoms with E-state index in [0.717, 1.165) is 5.56 Å². The summed E-state index contributed by atoms with van der Waals surface area (Å²) in [4.78, 5) is 34.9. The van der Waals surface area contributed by atoms with Crippen LogP contribution in [-0.4, -0.2) is 36.0 Å². The van der Waals surface area contributed by atoms with Crippen molar-refractivity contribution in [2.75, 3.05) is 6.54 Å². The second kappa shape index (κ2) is 10.8. The summed E-state index contributed by atoms with van der Waals surface area (Å²) in [6, 6.07) is 6.74. The highest BCUT2D eigenvalue weighted by Gasteiger charge is 2.25. The third-order valence-electron chi connectivity index (χ3n) is 3.73. The zero-order valence-electron chi connectivity index (χ0n) is 15.9. The van der Waals surface area contributed by atoms with Crippen LogP contribution in [0.1, 0.15) is 45.6 Å². The van der Waals surface area contributed by atoms with Gasteiger partial charge < -0.3 is 19.9 Å². The molecular formula is C19H26ClNO6. The summed E-state index contributed by atoms with van der Waals surface area (Å²) in [5.41, 5.74) is 0.730. The largest absolute Gasteiger partial charge is 0.481 e. The third kappa shape index (κ3) is 8.30. The Kier molecular flexibility index (Phi) is 9.08. The molecule has 0 aliphatic carbocycles. The number of hydrogen-bond donors (Lipinski definition) is 2. The minimum atomic E-state index is -1.02. The van der Waals surface area contributed by atoms with Gasteiger partial charge in [-0.1, -0.05) is 51.4 Å². The van der Waals surface area contributed by atoms with Crippen LogP contribution < -0.4 is 5.32 Å². The van der Waals surface area contributed by atoms with Crippen LogP contribution in [0, 0.1) is 11.8 Å². The van der Waals surface area contributed by atoms with Crippen molar-refractivity contribution in [3.63, 3.8) is 0 Å². The number of nitrogens with one attached hydrogen (secondary N) is 1. The first kappa shape index (κ1) is 22.8. The summed E-state index contributed by atoms with van der Waals surface area (Å²) in [6.07, 6.45) is -1.97. The number of aliphatic carboxylic acids is 1. The van der Waals surface area contributed by atoms with E-state index in [9.17, 15) is 14.4 Å². The number of carboxylic acid groups (broad SMARTS) is 1. The van der Waals surface area contributed by atoms with Gasteiger partial charge in [0.1, 0.15) is 0 Å². The fraction of sp³-hybridized carbons (Fsp3) is 0.526. The van der Waals surface area contributed by atoms with E-state index in [4.69, 9.17) is 26.2 Å². The standard InChI is InChI=1S/C19H26ClNO6/c1-11(2)17(24)26-18(12(3)4)27-19(25)21-10-14(9-16(22)23)13-5-7-15(20)8-6-13/h5-8,11-12,14,18H,9-10H2,1-4H3,(H,21,25)(H,22,23). The van der Waals surface area contributed by atoms with Crippen LogP contribution in [0.25, 0.3) is 0 Å². The summed E-state index contributed by atoms with van der Waals surface area (Å²) < 4.78 is 10.4. The molecule has 0 aliphatic heterocycles. The molecule has 2 N–H and O–H groups in total. The first-order chi connectivity index (χ1) is 12.6. The quantitative estimate of drug-likeness (QED) is 0.483. The molecule has 1 aromatic carbocycles. The van der Waals surface area contributed by atoms with Crippen molar-refractivity contribution in [1.29, 1.82) is 0 Å². The Balaban J connectivity index is 2.70. The second-order valence-electron chi connectivity index (χ2n) is 6.84. The molecule has 0 fully saturated rings. The highest BCUT2D eigenvalue weighted by Crippen LogP contribution is 2.21. The number of hydrogen-bond acceptors (Lipinski definition) is 5. The van der Waals surface area contributed by atoms with Crippen molar-refractivity contribution in [2.24, 2.45) is 11.8 Å². The van der Waals surface area contributed by atoms with E-state index in [0.29, 0.717) is 5.02 Å². The highest BCUT2D eigenvalue weighted by atomic mass is 35.5. The van der Waals surface area contributed by atoms with Crippen molar-refractivity contribution >= 4 is 29.6 Å². The van der Waals surface area contributed by atoms with Gasteiger partial charge in [-0.25, -0.2) is 4.79 Å². The van der Waals surface area contributed by atoms with Crippen LogP contribution >= 0.6 is 11.6 Å². The number of halogens is 1. The molecule has 0 heterocycles. The molecule has 1 aromatic rings. The lowest BCUT2D eigenvalue weighted by Gasteiger charge is -2.23. The molecule has 0 bridgehead atoms. The Labute approximate surface area is 164 Å². The van der Waals surface area contributed by atoms with Crippen LogP contribution in [-0.2, 0) is 19.1 Å². The lowest BCUT2D eigenvalue weighted by molar-refractivity contribution is -0.178. The Morgan fingerprint density at radius 1 is 1.07 bits per heavy atom. The number of esters is 1. The molecule has 0 aromatic heterocycles. The van der Waals surface area contributed by atoms with Crippen molar-refractivity contribution in [3.8, 4) is 0 Å². The summed E-state index contributed by atoms with van der Waals surface area (Å²) in [5, 5.41) is 12.2. The summed E-state index contributed by atoms with van der Waals surface area (Å²) >= 11 is 5.85. The summed E-state index contributed by atoms with van der Waals surface area (Å²) in [6.45, 7) is 6.93. The number of benzene rings is 1. The maximum atomic E-state index is 12.1. The number of carbonyl (C=O) groups is 3. The van der Waals surface area contributed by atoms with Gasteiger partial charge in [0.15, 0.2) is 0 Å². The van der Waals surface area contributed by atoms with Crippen molar-refractivity contribution in [1.82, 2.24) is 5.32 Å². The fourth-order valence-electron chi connectivity index (χ4n) is 2.15. The van der Waals surface area contributed by atoms with Crippen LogP contribution in [0.15, 0.2) is 24.3 Å². The predicted molar refractivity (Wildman–Crippen MR) is 100 cm³/mol. The van der Waals surface area contributed by atoms with Crippen LogP contribution in [0.2, 0.25) is 5.02 Å². The van der Waals surface area contributed by atoms with Crippen molar-refractivity contribution in [3.05, 3.63) is 34.9 Å². The normalized spacial score (nSPS) is 13.1. The lowest BCUT2D eigenvalue weighted by atomic mass is 9.96. The molecular weight excluding hydrogens is 374 g/mol. The lowest BCUT2D eigenvalue weighted by Crippen LogP contribution is -2.37. The van der Waals surface area contributed by atoms with Crippen molar-refractivity contribution in [2.45, 2.75) is 46.3 Å². The molecule has 0 saturated heterocycles. The van der Waals surface area contributed by atoms with E-state index in [-0.39, 0.29) is 24.8 Å². The average Bonchev–Trinajstić information content (AvgIpc) is 2.58. The molecule has 150 valence electrons. The molecule has 1 amide bonds. The molecule has 27 heavy (non-hydrogen) atoms. The van der Waals surface area contributed by atoms with Crippen LogP contribution in [0.5, 0.6) is 0 Å². The predicted octanol–water partition coefficient (Wildman–Crippen LogP) is 3.81. The van der Waals surface area contributed by atoms with E-state index in [1.54, 1.807) is 52.0 Å². The van der Waals surface area contributed by atoms with Gasteiger partial charge in [-0.2, -0.15) is 0 Å². The van der Waals surface area contributed by atoms with Gasteiger partial charge in [-0.05, 0) is 17.7 Å². The maximum absolute atomic E-state index is 12.1. The molecule has 2 unspecified atom stereocenters. The molecule has 0 radical (unpaired) electrons. The summed E-state index contributed by atoms with van der Waals surface area (Å²) in [5.74, 6) is -2.49. The van der Waals surface area contributed by atoms with Gasteiger partial charge in [0.2, 0.25) is 0 Å². The van der Waals surface area contributed by atoms with Crippen molar-refractivity contribution < 1.29 is 29.0 Å². The van der Waals surface area contributed by atoms with Crippen LogP contribution in [0.3, 0.4) is 0 Å².